The Bertz CT molecular complexity index is 852. The summed E-state index contributed by atoms with van der Waals surface area (Å²) in [5.74, 6) is 0.0328. The fraction of sp³-hybridized carbons (Fsp3) is 0.278. The number of hydroxylamine groups is 1. The number of benzene rings is 1. The Morgan fingerprint density at radius 3 is 2.92 bits per heavy atom. The van der Waals surface area contributed by atoms with Crippen molar-refractivity contribution in [2.45, 2.75) is 32.4 Å². The lowest BCUT2D eigenvalue weighted by atomic mass is 9.93. The molecule has 0 atom stereocenters. The van der Waals surface area contributed by atoms with E-state index in [2.05, 4.69) is 5.32 Å². The molecule has 0 saturated heterocycles. The minimum Gasteiger partial charge on any atom is -0.508 e. The number of aliphatic hydroxyl groups is 1. The molecule has 0 aromatic heterocycles. The van der Waals surface area contributed by atoms with Gasteiger partial charge < -0.3 is 10.4 Å². The maximum atomic E-state index is 12.6. The fourth-order valence-corrected chi connectivity index (χ4v) is 3.44. The van der Waals surface area contributed by atoms with Gasteiger partial charge >= 0.3 is 0 Å². The van der Waals surface area contributed by atoms with Gasteiger partial charge in [0.2, 0.25) is 0 Å². The fourth-order valence-electron chi connectivity index (χ4n) is 3.25. The highest BCUT2D eigenvalue weighted by Gasteiger charge is 2.44. The van der Waals surface area contributed by atoms with E-state index in [1.165, 1.54) is 5.06 Å². The third-order valence-corrected chi connectivity index (χ3v) is 4.73. The van der Waals surface area contributed by atoms with Crippen LogP contribution in [0.15, 0.2) is 41.2 Å². The first kappa shape index (κ1) is 15.3. The number of anilines is 2. The van der Waals surface area contributed by atoms with Crippen molar-refractivity contribution in [2.24, 2.45) is 0 Å². The van der Waals surface area contributed by atoms with Crippen LogP contribution in [0.5, 0.6) is 0 Å². The highest BCUT2D eigenvalue weighted by molar-refractivity contribution is 6.32. The molecule has 3 aliphatic rings. The molecule has 1 aromatic carbocycles. The molecule has 0 spiro atoms. The van der Waals surface area contributed by atoms with Gasteiger partial charge in [-0.3, -0.25) is 9.63 Å². The van der Waals surface area contributed by atoms with Crippen LogP contribution in [-0.4, -0.2) is 16.6 Å². The molecule has 2 aliphatic heterocycles. The first-order chi connectivity index (χ1) is 11.4. The number of hydrogen-bond donors (Lipinski definition) is 2. The van der Waals surface area contributed by atoms with E-state index in [4.69, 9.17) is 16.4 Å². The Morgan fingerprint density at radius 2 is 2.12 bits per heavy atom. The average Bonchev–Trinajstić information content (AvgIpc) is 2.89. The van der Waals surface area contributed by atoms with Crippen molar-refractivity contribution in [3.05, 3.63) is 52.3 Å². The molecule has 124 valence electrons. The molecule has 4 rings (SSSR count). The summed E-state index contributed by atoms with van der Waals surface area (Å²) in [5.41, 5.74) is 3.14. The normalized spacial score (nSPS) is 21.4. The third-order valence-electron chi connectivity index (χ3n) is 4.46. The third kappa shape index (κ3) is 2.16. The summed E-state index contributed by atoms with van der Waals surface area (Å²) in [6.07, 6.45) is 5.86. The number of nitrogens with zero attached hydrogens (tertiary/aromatic N) is 1. The SMILES string of the molecule is CC1(C)Nc2ccc(C3=CC(Cl)=CCC=C3O)c3c2N(OC3)C1=O. The van der Waals surface area contributed by atoms with Crippen LogP contribution in [-0.2, 0) is 16.2 Å². The Balaban J connectivity index is 1.90. The first-order valence-electron chi connectivity index (χ1n) is 7.77. The number of hydrogen-bond acceptors (Lipinski definition) is 4. The molecular formula is C18H17ClN2O3. The lowest BCUT2D eigenvalue weighted by Gasteiger charge is -2.36. The summed E-state index contributed by atoms with van der Waals surface area (Å²) < 4.78 is 0. The van der Waals surface area contributed by atoms with E-state index in [0.29, 0.717) is 17.0 Å². The number of allylic oxidation sites excluding steroid dienone is 5. The van der Waals surface area contributed by atoms with Crippen LogP contribution in [0.2, 0.25) is 0 Å². The lowest BCUT2D eigenvalue weighted by Crippen LogP contribution is -2.52. The summed E-state index contributed by atoms with van der Waals surface area (Å²) in [7, 11) is 0. The second kappa shape index (κ2) is 5.13. The van der Waals surface area contributed by atoms with Crippen molar-refractivity contribution < 1.29 is 14.7 Å². The van der Waals surface area contributed by atoms with Gasteiger partial charge in [0.25, 0.3) is 5.91 Å². The smallest absolute Gasteiger partial charge is 0.276 e. The summed E-state index contributed by atoms with van der Waals surface area (Å²) in [5, 5.41) is 15.5. The van der Waals surface area contributed by atoms with Crippen LogP contribution in [0, 0.1) is 0 Å². The van der Waals surface area contributed by atoms with Gasteiger partial charge in [-0.05, 0) is 44.1 Å². The van der Waals surface area contributed by atoms with E-state index in [1.54, 1.807) is 12.2 Å². The Labute approximate surface area is 144 Å². The maximum absolute atomic E-state index is 12.6. The average molecular weight is 345 g/mol. The van der Waals surface area contributed by atoms with E-state index in [-0.39, 0.29) is 18.3 Å². The molecule has 0 saturated carbocycles. The van der Waals surface area contributed by atoms with Crippen molar-refractivity contribution in [2.75, 3.05) is 10.4 Å². The minimum absolute atomic E-state index is 0.140. The van der Waals surface area contributed by atoms with Gasteiger partial charge in [-0.1, -0.05) is 23.7 Å². The van der Waals surface area contributed by atoms with E-state index in [1.807, 2.05) is 32.1 Å². The zero-order valence-corrected chi connectivity index (χ0v) is 14.1. The summed E-state index contributed by atoms with van der Waals surface area (Å²) >= 11 is 6.17. The van der Waals surface area contributed by atoms with Crippen molar-refractivity contribution >= 4 is 34.5 Å². The van der Waals surface area contributed by atoms with Crippen LogP contribution in [0.4, 0.5) is 11.4 Å². The maximum Gasteiger partial charge on any atom is 0.276 e. The van der Waals surface area contributed by atoms with Gasteiger partial charge in [-0.25, -0.2) is 0 Å². The van der Waals surface area contributed by atoms with Crippen molar-refractivity contribution in [1.29, 1.82) is 0 Å². The molecule has 24 heavy (non-hydrogen) atoms. The monoisotopic (exact) mass is 344 g/mol. The second-order valence-electron chi connectivity index (χ2n) is 6.58. The van der Waals surface area contributed by atoms with E-state index in [9.17, 15) is 9.90 Å². The second-order valence-corrected chi connectivity index (χ2v) is 7.02. The predicted molar refractivity (Wildman–Crippen MR) is 93.7 cm³/mol. The molecule has 6 heteroatoms. The molecule has 2 heterocycles. The first-order valence-corrected chi connectivity index (χ1v) is 8.15. The Morgan fingerprint density at radius 1 is 1.33 bits per heavy atom. The lowest BCUT2D eigenvalue weighted by molar-refractivity contribution is -0.129. The highest BCUT2D eigenvalue weighted by Crippen LogP contribution is 2.46. The molecule has 0 bridgehead atoms. The minimum atomic E-state index is -0.730. The standard InChI is InChI=1S/C18H17ClN2O3/c1-18(2)17(23)21-16-13(9-24-21)11(6-7-14(16)20-18)12-8-10(19)4-3-5-15(12)22/h4-8,20,22H,3,9H2,1-2H3. The number of carbonyl (C=O) groups is 1. The Hall–Kier alpha value is -2.24. The van der Waals surface area contributed by atoms with Gasteiger partial charge in [0, 0.05) is 16.2 Å². The van der Waals surface area contributed by atoms with Gasteiger partial charge in [-0.15, -0.1) is 0 Å². The van der Waals surface area contributed by atoms with Crippen LogP contribution in [0.1, 0.15) is 31.4 Å². The van der Waals surface area contributed by atoms with Gasteiger partial charge in [0.15, 0.2) is 0 Å². The zero-order chi connectivity index (χ0) is 17.1. The number of rotatable bonds is 1. The van der Waals surface area contributed by atoms with Gasteiger partial charge in [-0.2, -0.15) is 5.06 Å². The molecular weight excluding hydrogens is 328 g/mol. The van der Waals surface area contributed by atoms with Gasteiger partial charge in [0.05, 0.1) is 5.69 Å². The largest absolute Gasteiger partial charge is 0.508 e. The molecule has 2 N–H and O–H groups in total. The van der Waals surface area contributed by atoms with E-state index in [0.717, 1.165) is 22.5 Å². The van der Waals surface area contributed by atoms with Crippen molar-refractivity contribution in [3.63, 3.8) is 0 Å². The molecule has 1 amide bonds. The number of amides is 1. The summed E-state index contributed by atoms with van der Waals surface area (Å²) in [4.78, 5) is 18.2. The topological polar surface area (TPSA) is 61.8 Å². The van der Waals surface area contributed by atoms with Crippen LogP contribution in [0.25, 0.3) is 5.57 Å². The van der Waals surface area contributed by atoms with Crippen LogP contribution in [0.3, 0.4) is 0 Å². The van der Waals surface area contributed by atoms with E-state index >= 15 is 0 Å². The number of carbonyl (C=O) groups excluding carboxylic acids is 1. The van der Waals surface area contributed by atoms with E-state index < -0.39 is 5.54 Å². The Kier molecular flexibility index (Phi) is 3.27. The number of aliphatic hydroxyl groups excluding tert-OH is 1. The van der Waals surface area contributed by atoms with Crippen LogP contribution >= 0.6 is 11.6 Å². The number of halogens is 1. The molecule has 5 nitrogen and oxygen atoms in total. The highest BCUT2D eigenvalue weighted by atomic mass is 35.5. The molecule has 1 aromatic rings. The van der Waals surface area contributed by atoms with Crippen LogP contribution < -0.4 is 10.4 Å². The number of nitrogens with one attached hydrogen (secondary N) is 1. The quantitative estimate of drug-likeness (QED) is 0.807. The zero-order valence-electron chi connectivity index (χ0n) is 13.4. The molecule has 0 fully saturated rings. The summed E-state index contributed by atoms with van der Waals surface area (Å²) in [6.45, 7) is 3.91. The van der Waals surface area contributed by atoms with Crippen molar-refractivity contribution in [1.82, 2.24) is 0 Å². The molecule has 1 aliphatic carbocycles. The van der Waals surface area contributed by atoms with Crippen molar-refractivity contribution in [3.8, 4) is 0 Å². The molecule has 0 radical (unpaired) electrons. The predicted octanol–water partition coefficient (Wildman–Crippen LogP) is 4.02. The van der Waals surface area contributed by atoms with Gasteiger partial charge in [0.1, 0.15) is 23.6 Å². The molecule has 0 unspecified atom stereocenters. The summed E-state index contributed by atoms with van der Waals surface area (Å²) in [6, 6.07) is 3.83.